The SMILES string of the molecule is Cc1ccc([C@@](C)(N)C(=O)O)c(C)n1. The second-order valence-electron chi connectivity index (χ2n) is 3.59. The molecule has 0 unspecified atom stereocenters. The molecule has 1 aromatic rings. The molecule has 0 bridgehead atoms. The molecule has 0 fully saturated rings. The summed E-state index contributed by atoms with van der Waals surface area (Å²) in [4.78, 5) is 15.1. The van der Waals surface area contributed by atoms with Gasteiger partial charge in [0, 0.05) is 17.0 Å². The van der Waals surface area contributed by atoms with Crippen molar-refractivity contribution < 1.29 is 9.90 Å². The molecule has 4 heteroatoms. The van der Waals surface area contributed by atoms with Gasteiger partial charge < -0.3 is 10.8 Å². The maximum Gasteiger partial charge on any atom is 0.328 e. The van der Waals surface area contributed by atoms with Crippen LogP contribution in [0.15, 0.2) is 12.1 Å². The van der Waals surface area contributed by atoms with Crippen LogP contribution in [-0.4, -0.2) is 16.1 Å². The van der Waals surface area contributed by atoms with E-state index in [-0.39, 0.29) is 0 Å². The first-order valence-corrected chi connectivity index (χ1v) is 4.32. The summed E-state index contributed by atoms with van der Waals surface area (Å²) < 4.78 is 0. The summed E-state index contributed by atoms with van der Waals surface area (Å²) in [5, 5.41) is 8.94. The second-order valence-corrected chi connectivity index (χ2v) is 3.59. The van der Waals surface area contributed by atoms with E-state index < -0.39 is 11.5 Å². The number of aliphatic carboxylic acids is 1. The molecule has 1 heterocycles. The standard InChI is InChI=1S/C10H14N2O2/c1-6-4-5-8(7(2)12-6)10(3,11)9(13)14/h4-5H,11H2,1-3H3,(H,13,14)/t10-/m1/s1. The number of nitrogens with two attached hydrogens (primary N) is 1. The van der Waals surface area contributed by atoms with Crippen LogP contribution in [-0.2, 0) is 10.3 Å². The number of aryl methyl sites for hydroxylation is 2. The number of hydrogen-bond donors (Lipinski definition) is 2. The second kappa shape index (κ2) is 3.38. The van der Waals surface area contributed by atoms with Crippen molar-refractivity contribution in [2.75, 3.05) is 0 Å². The smallest absolute Gasteiger partial charge is 0.328 e. The van der Waals surface area contributed by atoms with Crippen LogP contribution in [0, 0.1) is 13.8 Å². The number of rotatable bonds is 2. The average molecular weight is 194 g/mol. The fraction of sp³-hybridized carbons (Fsp3) is 0.400. The number of carboxylic acids is 1. The van der Waals surface area contributed by atoms with Crippen LogP contribution in [0.5, 0.6) is 0 Å². The third-order valence-electron chi connectivity index (χ3n) is 2.23. The molecule has 1 atom stereocenters. The van der Waals surface area contributed by atoms with Crippen LogP contribution in [0.3, 0.4) is 0 Å². The molecule has 0 saturated heterocycles. The predicted molar refractivity (Wildman–Crippen MR) is 52.9 cm³/mol. The molecule has 1 aromatic heterocycles. The van der Waals surface area contributed by atoms with Gasteiger partial charge in [0.25, 0.3) is 0 Å². The van der Waals surface area contributed by atoms with Gasteiger partial charge in [-0.05, 0) is 26.8 Å². The van der Waals surface area contributed by atoms with Gasteiger partial charge in [0.15, 0.2) is 0 Å². The quantitative estimate of drug-likeness (QED) is 0.735. The van der Waals surface area contributed by atoms with Gasteiger partial charge in [-0.1, -0.05) is 6.07 Å². The highest BCUT2D eigenvalue weighted by Gasteiger charge is 2.31. The maximum atomic E-state index is 10.9. The Labute approximate surface area is 82.8 Å². The zero-order valence-electron chi connectivity index (χ0n) is 8.53. The summed E-state index contributed by atoms with van der Waals surface area (Å²) in [5.74, 6) is -1.05. The van der Waals surface area contributed by atoms with Crippen molar-refractivity contribution >= 4 is 5.97 Å². The van der Waals surface area contributed by atoms with Gasteiger partial charge in [0.05, 0.1) is 0 Å². The number of aromatic nitrogens is 1. The third kappa shape index (κ3) is 1.75. The minimum atomic E-state index is -1.37. The summed E-state index contributed by atoms with van der Waals surface area (Å²) in [7, 11) is 0. The van der Waals surface area contributed by atoms with Gasteiger partial charge in [-0.25, -0.2) is 4.79 Å². The van der Waals surface area contributed by atoms with Gasteiger partial charge in [0.2, 0.25) is 0 Å². The monoisotopic (exact) mass is 194 g/mol. The summed E-state index contributed by atoms with van der Waals surface area (Å²) in [6.45, 7) is 5.08. The first-order chi connectivity index (χ1) is 6.35. The largest absolute Gasteiger partial charge is 0.480 e. The molecule has 0 aliphatic rings. The molecule has 0 aliphatic carbocycles. The van der Waals surface area contributed by atoms with Crippen LogP contribution in [0.1, 0.15) is 23.9 Å². The zero-order valence-corrected chi connectivity index (χ0v) is 8.53. The first-order valence-electron chi connectivity index (χ1n) is 4.32. The Bertz CT molecular complexity index is 372. The lowest BCUT2D eigenvalue weighted by molar-refractivity contribution is -0.143. The molecule has 3 N–H and O–H groups in total. The Morgan fingerprint density at radius 1 is 1.50 bits per heavy atom. The summed E-state index contributed by atoms with van der Waals surface area (Å²) in [6, 6.07) is 3.47. The van der Waals surface area contributed by atoms with Crippen molar-refractivity contribution in [1.82, 2.24) is 4.98 Å². The Morgan fingerprint density at radius 3 is 2.50 bits per heavy atom. The molecule has 4 nitrogen and oxygen atoms in total. The van der Waals surface area contributed by atoms with Gasteiger partial charge in [-0.15, -0.1) is 0 Å². The normalized spacial score (nSPS) is 14.9. The minimum absolute atomic E-state index is 0.551. The number of nitrogens with zero attached hydrogens (tertiary/aromatic N) is 1. The average Bonchev–Trinajstić information content (AvgIpc) is 2.02. The lowest BCUT2D eigenvalue weighted by Gasteiger charge is -2.21. The van der Waals surface area contributed by atoms with Crippen molar-refractivity contribution in [2.45, 2.75) is 26.3 Å². The van der Waals surface area contributed by atoms with Crippen molar-refractivity contribution in [3.8, 4) is 0 Å². The fourth-order valence-corrected chi connectivity index (χ4v) is 1.35. The van der Waals surface area contributed by atoms with Crippen molar-refractivity contribution in [1.29, 1.82) is 0 Å². The van der Waals surface area contributed by atoms with E-state index in [2.05, 4.69) is 4.98 Å². The minimum Gasteiger partial charge on any atom is -0.480 e. The van der Waals surface area contributed by atoms with E-state index in [4.69, 9.17) is 10.8 Å². The first kappa shape index (κ1) is 10.7. The van der Waals surface area contributed by atoms with E-state index in [1.807, 2.05) is 6.92 Å². The van der Waals surface area contributed by atoms with Crippen LogP contribution in [0.25, 0.3) is 0 Å². The lowest BCUT2D eigenvalue weighted by atomic mass is 9.92. The number of pyridine rings is 1. The van der Waals surface area contributed by atoms with Gasteiger partial charge in [-0.2, -0.15) is 0 Å². The number of hydrogen-bond acceptors (Lipinski definition) is 3. The Balaban J connectivity index is 3.26. The molecule has 0 amide bonds. The molecule has 0 aromatic carbocycles. The van der Waals surface area contributed by atoms with Crippen molar-refractivity contribution in [3.05, 3.63) is 29.1 Å². The zero-order chi connectivity index (χ0) is 10.9. The molecule has 0 saturated carbocycles. The summed E-state index contributed by atoms with van der Waals surface area (Å²) in [6.07, 6.45) is 0. The molecule has 1 rings (SSSR count). The molecule has 0 radical (unpaired) electrons. The van der Waals surface area contributed by atoms with Gasteiger partial charge in [-0.3, -0.25) is 4.98 Å². The van der Waals surface area contributed by atoms with E-state index >= 15 is 0 Å². The highest BCUT2D eigenvalue weighted by molar-refractivity contribution is 5.80. The third-order valence-corrected chi connectivity index (χ3v) is 2.23. The molecule has 0 aliphatic heterocycles. The highest BCUT2D eigenvalue weighted by atomic mass is 16.4. The van der Waals surface area contributed by atoms with Crippen LogP contribution < -0.4 is 5.73 Å². The Kier molecular flexibility index (Phi) is 2.57. The van der Waals surface area contributed by atoms with Crippen LogP contribution in [0.4, 0.5) is 0 Å². The Morgan fingerprint density at radius 2 is 2.07 bits per heavy atom. The van der Waals surface area contributed by atoms with Crippen molar-refractivity contribution in [2.24, 2.45) is 5.73 Å². The maximum absolute atomic E-state index is 10.9. The molecular formula is C10H14N2O2. The van der Waals surface area contributed by atoms with Crippen molar-refractivity contribution in [3.63, 3.8) is 0 Å². The van der Waals surface area contributed by atoms with E-state index in [1.54, 1.807) is 19.1 Å². The summed E-state index contributed by atoms with van der Waals surface area (Å²) in [5.41, 5.74) is 6.39. The summed E-state index contributed by atoms with van der Waals surface area (Å²) >= 11 is 0. The fourth-order valence-electron chi connectivity index (χ4n) is 1.35. The predicted octanol–water partition coefficient (Wildman–Crippen LogP) is 0.957. The molecular weight excluding hydrogens is 180 g/mol. The highest BCUT2D eigenvalue weighted by Crippen LogP contribution is 2.20. The topological polar surface area (TPSA) is 76.2 Å². The molecule has 76 valence electrons. The van der Waals surface area contributed by atoms with E-state index in [1.165, 1.54) is 6.92 Å². The number of carboxylic acid groups (broad SMARTS) is 1. The number of carbonyl (C=O) groups is 1. The van der Waals surface area contributed by atoms with E-state index in [9.17, 15) is 4.79 Å². The van der Waals surface area contributed by atoms with Gasteiger partial charge >= 0.3 is 5.97 Å². The van der Waals surface area contributed by atoms with Gasteiger partial charge in [0.1, 0.15) is 5.54 Å². The van der Waals surface area contributed by atoms with E-state index in [0.29, 0.717) is 11.3 Å². The Hall–Kier alpha value is -1.42. The van der Waals surface area contributed by atoms with Crippen LogP contribution in [0.2, 0.25) is 0 Å². The van der Waals surface area contributed by atoms with E-state index in [0.717, 1.165) is 5.69 Å². The lowest BCUT2D eigenvalue weighted by Crippen LogP contribution is -2.42. The molecule has 14 heavy (non-hydrogen) atoms. The van der Waals surface area contributed by atoms with Crippen LogP contribution >= 0.6 is 0 Å². The molecule has 0 spiro atoms.